The second kappa shape index (κ2) is 7.33. The van der Waals surface area contributed by atoms with Crippen LogP contribution in [0.15, 0.2) is 0 Å². The first kappa shape index (κ1) is 15.8. The lowest BCUT2D eigenvalue weighted by Gasteiger charge is -2.27. The number of urea groups is 1. The van der Waals surface area contributed by atoms with Gasteiger partial charge in [0.15, 0.2) is 0 Å². The van der Waals surface area contributed by atoms with Crippen molar-refractivity contribution in [3.8, 4) is 0 Å². The molecule has 0 saturated heterocycles. The molecule has 19 heavy (non-hydrogen) atoms. The van der Waals surface area contributed by atoms with Crippen LogP contribution in [0, 0.1) is 0 Å². The molecule has 0 heterocycles. The number of nitrogens with one attached hydrogen (secondary N) is 2. The zero-order chi connectivity index (χ0) is 14.3. The lowest BCUT2D eigenvalue weighted by Crippen LogP contribution is -2.57. The number of rotatable bonds is 7. The SMILES string of the molecule is CCCC(COC)NC(=O)NC1(C(=O)O)CCCC1. The zero-order valence-electron chi connectivity index (χ0n) is 11.7. The Balaban J connectivity index is 2.54. The van der Waals surface area contributed by atoms with E-state index in [1.165, 1.54) is 0 Å². The molecule has 0 aromatic carbocycles. The topological polar surface area (TPSA) is 87.7 Å². The molecule has 110 valence electrons. The maximum absolute atomic E-state index is 11.9. The molecule has 1 fully saturated rings. The second-order valence-electron chi connectivity index (χ2n) is 5.13. The number of hydrogen-bond donors (Lipinski definition) is 3. The molecule has 1 rings (SSSR count). The molecule has 0 aliphatic heterocycles. The minimum Gasteiger partial charge on any atom is -0.480 e. The van der Waals surface area contributed by atoms with Crippen LogP contribution in [0.4, 0.5) is 4.79 Å². The van der Waals surface area contributed by atoms with Gasteiger partial charge in [-0.3, -0.25) is 0 Å². The summed E-state index contributed by atoms with van der Waals surface area (Å²) in [7, 11) is 1.58. The van der Waals surface area contributed by atoms with E-state index in [0.717, 1.165) is 25.7 Å². The summed E-state index contributed by atoms with van der Waals surface area (Å²) < 4.78 is 5.04. The van der Waals surface area contributed by atoms with E-state index in [4.69, 9.17) is 4.74 Å². The molecule has 0 radical (unpaired) electrons. The Hall–Kier alpha value is -1.30. The number of carboxylic acid groups (broad SMARTS) is 1. The molecule has 1 saturated carbocycles. The van der Waals surface area contributed by atoms with E-state index in [2.05, 4.69) is 10.6 Å². The number of carboxylic acids is 1. The minimum atomic E-state index is -1.09. The molecule has 0 spiro atoms. The fourth-order valence-electron chi connectivity index (χ4n) is 2.56. The Labute approximate surface area is 113 Å². The van der Waals surface area contributed by atoms with E-state index in [1.54, 1.807) is 7.11 Å². The third kappa shape index (κ3) is 4.38. The molecule has 3 N–H and O–H groups in total. The van der Waals surface area contributed by atoms with Gasteiger partial charge in [-0.25, -0.2) is 9.59 Å². The largest absolute Gasteiger partial charge is 0.480 e. The van der Waals surface area contributed by atoms with Crippen LogP contribution in [0.3, 0.4) is 0 Å². The Morgan fingerprint density at radius 1 is 1.37 bits per heavy atom. The lowest BCUT2D eigenvalue weighted by atomic mass is 9.98. The highest BCUT2D eigenvalue weighted by atomic mass is 16.5. The Morgan fingerprint density at radius 3 is 2.47 bits per heavy atom. The van der Waals surface area contributed by atoms with Crippen molar-refractivity contribution in [3.63, 3.8) is 0 Å². The van der Waals surface area contributed by atoms with Crippen molar-refractivity contribution < 1.29 is 19.4 Å². The first-order valence-corrected chi connectivity index (χ1v) is 6.85. The average Bonchev–Trinajstić information content (AvgIpc) is 2.79. The molecule has 6 nitrogen and oxygen atoms in total. The van der Waals surface area contributed by atoms with Crippen LogP contribution in [0.1, 0.15) is 45.4 Å². The Kier molecular flexibility index (Phi) is 6.08. The van der Waals surface area contributed by atoms with Crippen molar-refractivity contribution >= 4 is 12.0 Å². The summed E-state index contributed by atoms with van der Waals surface area (Å²) in [5, 5.41) is 14.7. The number of carbonyl (C=O) groups excluding carboxylic acids is 1. The average molecular weight is 272 g/mol. The number of carbonyl (C=O) groups is 2. The molecule has 0 bridgehead atoms. The van der Waals surface area contributed by atoms with Crippen LogP contribution in [0.2, 0.25) is 0 Å². The van der Waals surface area contributed by atoms with Gasteiger partial charge in [0.05, 0.1) is 12.6 Å². The van der Waals surface area contributed by atoms with Gasteiger partial charge in [0.25, 0.3) is 0 Å². The minimum absolute atomic E-state index is 0.0813. The summed E-state index contributed by atoms with van der Waals surface area (Å²) in [5.74, 6) is -0.945. The van der Waals surface area contributed by atoms with Crippen LogP contribution in [0.25, 0.3) is 0 Å². The van der Waals surface area contributed by atoms with Crippen molar-refractivity contribution in [2.45, 2.75) is 57.0 Å². The second-order valence-corrected chi connectivity index (χ2v) is 5.13. The van der Waals surface area contributed by atoms with Crippen LogP contribution in [-0.2, 0) is 9.53 Å². The number of hydrogen-bond acceptors (Lipinski definition) is 3. The van der Waals surface area contributed by atoms with Crippen molar-refractivity contribution in [1.82, 2.24) is 10.6 Å². The quantitative estimate of drug-likeness (QED) is 0.655. The van der Waals surface area contributed by atoms with E-state index < -0.39 is 17.5 Å². The first-order chi connectivity index (χ1) is 9.04. The molecule has 2 amide bonds. The van der Waals surface area contributed by atoms with E-state index in [1.807, 2.05) is 6.92 Å². The van der Waals surface area contributed by atoms with Gasteiger partial charge in [-0.1, -0.05) is 26.2 Å². The molecule has 1 atom stereocenters. The van der Waals surface area contributed by atoms with Gasteiger partial charge in [-0.05, 0) is 19.3 Å². The third-order valence-electron chi connectivity index (χ3n) is 3.56. The zero-order valence-corrected chi connectivity index (χ0v) is 11.7. The third-order valence-corrected chi connectivity index (χ3v) is 3.56. The molecule has 6 heteroatoms. The monoisotopic (exact) mass is 272 g/mol. The van der Waals surface area contributed by atoms with E-state index in [9.17, 15) is 14.7 Å². The van der Waals surface area contributed by atoms with Crippen LogP contribution < -0.4 is 10.6 Å². The van der Waals surface area contributed by atoms with E-state index in [-0.39, 0.29) is 6.04 Å². The Bertz CT molecular complexity index is 308. The summed E-state index contributed by atoms with van der Waals surface area (Å²) in [6, 6.07) is -0.498. The summed E-state index contributed by atoms with van der Waals surface area (Å²) >= 11 is 0. The van der Waals surface area contributed by atoms with Crippen molar-refractivity contribution in [2.75, 3.05) is 13.7 Å². The number of ether oxygens (including phenoxy) is 1. The number of methoxy groups -OCH3 is 1. The summed E-state index contributed by atoms with van der Waals surface area (Å²) in [6.45, 7) is 2.46. The maximum atomic E-state index is 11.9. The molecular weight excluding hydrogens is 248 g/mol. The van der Waals surface area contributed by atoms with Crippen LogP contribution >= 0.6 is 0 Å². The molecule has 1 aliphatic carbocycles. The van der Waals surface area contributed by atoms with Gasteiger partial charge in [-0.15, -0.1) is 0 Å². The normalized spacial score (nSPS) is 18.8. The standard InChI is InChI=1S/C13H24N2O4/c1-3-6-10(9-19-2)14-12(18)15-13(11(16)17)7-4-5-8-13/h10H,3-9H2,1-2H3,(H,16,17)(H2,14,15,18). The van der Waals surface area contributed by atoms with Gasteiger partial charge in [0.1, 0.15) is 5.54 Å². The van der Waals surface area contributed by atoms with Gasteiger partial charge in [0.2, 0.25) is 0 Å². The van der Waals surface area contributed by atoms with E-state index >= 15 is 0 Å². The number of aliphatic carboxylic acids is 1. The van der Waals surface area contributed by atoms with Gasteiger partial charge >= 0.3 is 12.0 Å². The Morgan fingerprint density at radius 2 is 2.00 bits per heavy atom. The summed E-state index contributed by atoms with van der Waals surface area (Å²) in [4.78, 5) is 23.3. The van der Waals surface area contributed by atoms with Crippen LogP contribution in [-0.4, -0.2) is 42.4 Å². The van der Waals surface area contributed by atoms with Crippen molar-refractivity contribution in [2.24, 2.45) is 0 Å². The molecular formula is C13H24N2O4. The molecule has 1 unspecified atom stereocenters. The highest BCUT2D eigenvalue weighted by Crippen LogP contribution is 2.29. The number of amides is 2. The fourth-order valence-corrected chi connectivity index (χ4v) is 2.56. The summed E-state index contributed by atoms with van der Waals surface area (Å²) in [5.41, 5.74) is -1.09. The lowest BCUT2D eigenvalue weighted by molar-refractivity contribution is -0.144. The van der Waals surface area contributed by atoms with Crippen molar-refractivity contribution in [1.29, 1.82) is 0 Å². The maximum Gasteiger partial charge on any atom is 0.329 e. The first-order valence-electron chi connectivity index (χ1n) is 6.85. The van der Waals surface area contributed by atoms with Gasteiger partial charge in [0, 0.05) is 7.11 Å². The summed E-state index contributed by atoms with van der Waals surface area (Å²) in [6.07, 6.45) is 4.41. The fraction of sp³-hybridized carbons (Fsp3) is 0.846. The molecule has 0 aromatic heterocycles. The smallest absolute Gasteiger partial charge is 0.329 e. The highest BCUT2D eigenvalue weighted by molar-refractivity contribution is 5.86. The van der Waals surface area contributed by atoms with E-state index in [0.29, 0.717) is 19.4 Å². The van der Waals surface area contributed by atoms with Crippen molar-refractivity contribution in [3.05, 3.63) is 0 Å². The molecule has 0 aromatic rings. The van der Waals surface area contributed by atoms with Crippen LogP contribution in [0.5, 0.6) is 0 Å². The van der Waals surface area contributed by atoms with Gasteiger partial charge < -0.3 is 20.5 Å². The molecule has 1 aliphatic rings. The predicted octanol–water partition coefficient (Wildman–Crippen LogP) is 1.50. The van der Waals surface area contributed by atoms with Gasteiger partial charge in [-0.2, -0.15) is 0 Å². The highest BCUT2D eigenvalue weighted by Gasteiger charge is 2.42. The predicted molar refractivity (Wildman–Crippen MR) is 71.1 cm³/mol.